The zero-order valence-corrected chi connectivity index (χ0v) is 9.95. The maximum atomic E-state index is 12.3. The quantitative estimate of drug-likeness (QED) is 0.843. The van der Waals surface area contributed by atoms with E-state index >= 15 is 0 Å². The number of hydrogen-bond acceptors (Lipinski definition) is 3. The van der Waals surface area contributed by atoms with Crippen LogP contribution < -0.4 is 4.90 Å². The van der Waals surface area contributed by atoms with Gasteiger partial charge in [0.05, 0.1) is 11.6 Å². The number of anilines is 1. The molecule has 0 aromatic heterocycles. The van der Waals surface area contributed by atoms with Crippen molar-refractivity contribution in [3.8, 4) is 6.07 Å². The first-order chi connectivity index (χ1) is 9.22. The number of rotatable bonds is 1. The number of benzene rings is 2. The van der Waals surface area contributed by atoms with Gasteiger partial charge in [-0.1, -0.05) is 18.2 Å². The van der Waals surface area contributed by atoms with Crippen LogP contribution in [0.1, 0.15) is 27.7 Å². The number of nitriles is 1. The van der Waals surface area contributed by atoms with Crippen molar-refractivity contribution < 1.29 is 9.90 Å². The van der Waals surface area contributed by atoms with E-state index in [1.807, 2.05) is 12.1 Å². The summed E-state index contributed by atoms with van der Waals surface area (Å²) < 4.78 is 0. The molecule has 0 spiro atoms. The normalized spacial score (nSPS) is 17.2. The lowest BCUT2D eigenvalue weighted by molar-refractivity contribution is 0.0935. The number of aliphatic hydroxyl groups excluding tert-OH is 1. The Balaban J connectivity index is 2.10. The van der Waals surface area contributed by atoms with E-state index in [1.165, 1.54) is 4.90 Å². The van der Waals surface area contributed by atoms with E-state index in [1.54, 1.807) is 42.5 Å². The van der Waals surface area contributed by atoms with E-state index in [0.29, 0.717) is 22.4 Å². The molecular formula is C15H10N2O2. The van der Waals surface area contributed by atoms with Gasteiger partial charge in [-0.2, -0.15) is 5.26 Å². The maximum absolute atomic E-state index is 12.3. The van der Waals surface area contributed by atoms with Crippen LogP contribution in [0.15, 0.2) is 48.5 Å². The van der Waals surface area contributed by atoms with E-state index < -0.39 is 6.23 Å². The molecule has 92 valence electrons. The number of para-hydroxylation sites is 1. The second kappa shape index (κ2) is 4.23. The van der Waals surface area contributed by atoms with Gasteiger partial charge in [-0.25, -0.2) is 0 Å². The van der Waals surface area contributed by atoms with Gasteiger partial charge >= 0.3 is 0 Å². The summed E-state index contributed by atoms with van der Waals surface area (Å²) in [6, 6.07) is 15.7. The SMILES string of the molecule is N#Cc1ccc2c(c1)C(O)N(c1ccccc1)C2=O. The molecule has 0 saturated carbocycles. The van der Waals surface area contributed by atoms with E-state index in [2.05, 4.69) is 0 Å². The zero-order valence-electron chi connectivity index (χ0n) is 9.95. The van der Waals surface area contributed by atoms with Crippen LogP contribution >= 0.6 is 0 Å². The monoisotopic (exact) mass is 250 g/mol. The largest absolute Gasteiger partial charge is 0.369 e. The first-order valence-corrected chi connectivity index (χ1v) is 5.83. The van der Waals surface area contributed by atoms with Gasteiger partial charge in [0.1, 0.15) is 0 Å². The van der Waals surface area contributed by atoms with Gasteiger partial charge in [-0.3, -0.25) is 9.69 Å². The fourth-order valence-electron chi connectivity index (χ4n) is 2.27. The molecule has 4 nitrogen and oxygen atoms in total. The smallest absolute Gasteiger partial charge is 0.261 e. The van der Waals surface area contributed by atoms with Crippen LogP contribution in [0.5, 0.6) is 0 Å². The fraction of sp³-hybridized carbons (Fsp3) is 0.0667. The lowest BCUT2D eigenvalue weighted by Crippen LogP contribution is -2.27. The lowest BCUT2D eigenvalue weighted by Gasteiger charge is -2.20. The number of hydrogen-bond donors (Lipinski definition) is 1. The zero-order chi connectivity index (χ0) is 13.4. The number of nitrogens with zero attached hydrogens (tertiary/aromatic N) is 2. The molecule has 4 heteroatoms. The standard InChI is InChI=1S/C15H10N2O2/c16-9-10-6-7-12-13(8-10)15(19)17(14(12)18)11-4-2-1-3-5-11/h1-8,15,19H. The Labute approximate surface area is 110 Å². The summed E-state index contributed by atoms with van der Waals surface area (Å²) in [6.45, 7) is 0. The molecule has 2 aromatic rings. The number of amides is 1. The van der Waals surface area contributed by atoms with Crippen LogP contribution in [-0.2, 0) is 0 Å². The van der Waals surface area contributed by atoms with Crippen LogP contribution in [0.2, 0.25) is 0 Å². The third kappa shape index (κ3) is 1.68. The molecule has 3 rings (SSSR count). The Hall–Kier alpha value is -2.64. The van der Waals surface area contributed by atoms with Crippen molar-refractivity contribution in [3.05, 3.63) is 65.2 Å². The first-order valence-electron chi connectivity index (χ1n) is 5.83. The molecule has 1 N–H and O–H groups in total. The summed E-state index contributed by atoms with van der Waals surface area (Å²) in [4.78, 5) is 13.6. The first kappa shape index (κ1) is 11.5. The van der Waals surface area contributed by atoms with E-state index in [0.717, 1.165) is 0 Å². The fourth-order valence-corrected chi connectivity index (χ4v) is 2.27. The molecule has 1 aliphatic rings. The summed E-state index contributed by atoms with van der Waals surface area (Å²) in [5, 5.41) is 19.2. The highest BCUT2D eigenvalue weighted by Crippen LogP contribution is 2.35. The van der Waals surface area contributed by atoms with Gasteiger partial charge in [0.25, 0.3) is 5.91 Å². The second-order valence-electron chi connectivity index (χ2n) is 4.30. The highest BCUT2D eigenvalue weighted by molar-refractivity contribution is 6.10. The van der Waals surface area contributed by atoms with Gasteiger partial charge in [0.2, 0.25) is 0 Å². The Morgan fingerprint density at radius 3 is 2.58 bits per heavy atom. The van der Waals surface area contributed by atoms with Crippen LogP contribution in [-0.4, -0.2) is 11.0 Å². The number of fused-ring (bicyclic) bond motifs is 1. The summed E-state index contributed by atoms with van der Waals surface area (Å²) in [6.07, 6.45) is -1.04. The predicted octanol–water partition coefficient (Wildman–Crippen LogP) is 2.21. The summed E-state index contributed by atoms with van der Waals surface area (Å²) in [5.74, 6) is -0.252. The van der Waals surface area contributed by atoms with Crippen LogP contribution in [0.25, 0.3) is 0 Å². The minimum absolute atomic E-state index is 0.252. The minimum Gasteiger partial charge on any atom is -0.369 e. The summed E-state index contributed by atoms with van der Waals surface area (Å²) >= 11 is 0. The van der Waals surface area contributed by atoms with Crippen molar-refractivity contribution in [2.24, 2.45) is 0 Å². The molecule has 1 heterocycles. The van der Waals surface area contributed by atoms with Gasteiger partial charge in [0.15, 0.2) is 6.23 Å². The number of aliphatic hydroxyl groups is 1. The van der Waals surface area contributed by atoms with Crippen molar-refractivity contribution in [3.63, 3.8) is 0 Å². The van der Waals surface area contributed by atoms with Crippen molar-refractivity contribution in [2.45, 2.75) is 6.23 Å². The highest BCUT2D eigenvalue weighted by Gasteiger charge is 2.36. The minimum atomic E-state index is -1.04. The summed E-state index contributed by atoms with van der Waals surface area (Å²) in [7, 11) is 0. The average molecular weight is 250 g/mol. The second-order valence-corrected chi connectivity index (χ2v) is 4.30. The van der Waals surface area contributed by atoms with Crippen molar-refractivity contribution in [2.75, 3.05) is 4.90 Å². The Kier molecular flexibility index (Phi) is 2.55. The highest BCUT2D eigenvalue weighted by atomic mass is 16.3. The molecule has 0 saturated heterocycles. The molecule has 1 unspecified atom stereocenters. The van der Waals surface area contributed by atoms with E-state index in [9.17, 15) is 9.90 Å². The maximum Gasteiger partial charge on any atom is 0.261 e. The van der Waals surface area contributed by atoms with Gasteiger partial charge in [-0.15, -0.1) is 0 Å². The molecule has 1 atom stereocenters. The number of carbonyl (C=O) groups is 1. The van der Waals surface area contributed by atoms with Crippen molar-refractivity contribution >= 4 is 11.6 Å². The average Bonchev–Trinajstić information content (AvgIpc) is 2.71. The predicted molar refractivity (Wildman–Crippen MR) is 69.4 cm³/mol. The number of carbonyl (C=O) groups excluding carboxylic acids is 1. The Bertz CT molecular complexity index is 689. The van der Waals surface area contributed by atoms with Crippen LogP contribution in [0, 0.1) is 11.3 Å². The van der Waals surface area contributed by atoms with Gasteiger partial charge in [0, 0.05) is 16.8 Å². The van der Waals surface area contributed by atoms with Crippen molar-refractivity contribution in [1.82, 2.24) is 0 Å². The molecule has 19 heavy (non-hydrogen) atoms. The topological polar surface area (TPSA) is 64.3 Å². The van der Waals surface area contributed by atoms with Crippen LogP contribution in [0.3, 0.4) is 0 Å². The van der Waals surface area contributed by atoms with E-state index in [-0.39, 0.29) is 5.91 Å². The lowest BCUT2D eigenvalue weighted by atomic mass is 10.1. The molecule has 0 bridgehead atoms. The molecule has 2 aromatic carbocycles. The van der Waals surface area contributed by atoms with Crippen LogP contribution in [0.4, 0.5) is 5.69 Å². The molecule has 1 amide bonds. The summed E-state index contributed by atoms with van der Waals surface area (Å²) in [5.41, 5.74) is 1.98. The Morgan fingerprint density at radius 1 is 1.16 bits per heavy atom. The Morgan fingerprint density at radius 2 is 1.89 bits per heavy atom. The molecule has 1 aliphatic heterocycles. The third-order valence-electron chi connectivity index (χ3n) is 3.19. The third-order valence-corrected chi connectivity index (χ3v) is 3.19. The van der Waals surface area contributed by atoms with Gasteiger partial charge in [-0.05, 0) is 30.3 Å². The van der Waals surface area contributed by atoms with E-state index in [4.69, 9.17) is 5.26 Å². The molecule has 0 aliphatic carbocycles. The van der Waals surface area contributed by atoms with Crippen molar-refractivity contribution in [1.29, 1.82) is 5.26 Å². The molecule has 0 fully saturated rings. The van der Waals surface area contributed by atoms with Gasteiger partial charge < -0.3 is 5.11 Å². The molecule has 0 radical (unpaired) electrons. The molecular weight excluding hydrogens is 240 g/mol.